The molecule has 7 nitrogen and oxygen atoms in total. The fourth-order valence-corrected chi connectivity index (χ4v) is 4.14. The molecule has 0 bridgehead atoms. The Labute approximate surface area is 213 Å². The minimum atomic E-state index is -0.478. The van der Waals surface area contributed by atoms with Gasteiger partial charge in [-0.05, 0) is 66.2 Å². The smallest absolute Gasteiger partial charge is 0.245 e. The largest absolute Gasteiger partial charge is 0.497 e. The van der Waals surface area contributed by atoms with Crippen LogP contribution in [-0.2, 0) is 16.2 Å². The number of anilines is 1. The van der Waals surface area contributed by atoms with Crippen LogP contribution in [0.15, 0.2) is 71.8 Å². The molecule has 3 aromatic rings. The molecule has 1 heterocycles. The van der Waals surface area contributed by atoms with Gasteiger partial charge in [-0.1, -0.05) is 29.3 Å². The van der Waals surface area contributed by atoms with Crippen LogP contribution in [0.5, 0.6) is 11.5 Å². The van der Waals surface area contributed by atoms with E-state index in [1.165, 1.54) is 6.21 Å². The van der Waals surface area contributed by atoms with E-state index in [9.17, 15) is 9.59 Å². The lowest BCUT2D eigenvalue weighted by atomic mass is 10.1. The average Bonchev–Trinajstić information content (AvgIpc) is 3.26. The van der Waals surface area contributed by atoms with Crippen molar-refractivity contribution in [1.82, 2.24) is 5.43 Å². The Kier molecular flexibility index (Phi) is 7.90. The number of nitrogens with one attached hydrogen (secondary N) is 1. The molecule has 0 aliphatic carbocycles. The fourth-order valence-electron chi connectivity index (χ4n) is 3.63. The molecule has 3 aromatic carbocycles. The first kappa shape index (κ1) is 24.6. The van der Waals surface area contributed by atoms with E-state index in [-0.39, 0.29) is 24.8 Å². The number of halogens is 2. The van der Waals surface area contributed by atoms with Gasteiger partial charge in [-0.3, -0.25) is 9.59 Å². The van der Waals surface area contributed by atoms with Gasteiger partial charge in [0.15, 0.2) is 0 Å². The van der Waals surface area contributed by atoms with E-state index >= 15 is 0 Å². The van der Waals surface area contributed by atoms with Gasteiger partial charge in [0.1, 0.15) is 18.1 Å². The van der Waals surface area contributed by atoms with Crippen molar-refractivity contribution in [1.29, 1.82) is 0 Å². The van der Waals surface area contributed by atoms with Crippen LogP contribution < -0.4 is 19.8 Å². The Bertz CT molecular complexity index is 1210. The van der Waals surface area contributed by atoms with Crippen LogP contribution in [0.25, 0.3) is 0 Å². The third-order valence-corrected chi connectivity index (χ3v) is 6.30. The number of hydrogen-bond donors (Lipinski definition) is 1. The molecule has 1 fully saturated rings. The minimum Gasteiger partial charge on any atom is -0.497 e. The second-order valence-corrected chi connectivity index (χ2v) is 8.71. The number of carbonyl (C=O) groups is 2. The molecular weight excluding hydrogens is 489 g/mol. The van der Waals surface area contributed by atoms with Crippen LogP contribution in [0.4, 0.5) is 5.69 Å². The maximum Gasteiger partial charge on any atom is 0.245 e. The van der Waals surface area contributed by atoms with Gasteiger partial charge in [0.2, 0.25) is 11.8 Å². The molecule has 1 aliphatic heterocycles. The van der Waals surface area contributed by atoms with Crippen LogP contribution in [0, 0.1) is 5.92 Å². The predicted octanol–water partition coefficient (Wildman–Crippen LogP) is 5.08. The Morgan fingerprint density at radius 2 is 1.71 bits per heavy atom. The Hall–Kier alpha value is -3.55. The summed E-state index contributed by atoms with van der Waals surface area (Å²) in [7, 11) is 1.58. The van der Waals surface area contributed by atoms with Gasteiger partial charge < -0.3 is 14.4 Å². The van der Waals surface area contributed by atoms with Gasteiger partial charge in [-0.2, -0.15) is 5.10 Å². The summed E-state index contributed by atoms with van der Waals surface area (Å²) in [5.74, 6) is 0.461. The number of methoxy groups -OCH3 is 1. The summed E-state index contributed by atoms with van der Waals surface area (Å²) in [5.41, 5.74) is 4.76. The van der Waals surface area contributed by atoms with Gasteiger partial charge in [-0.25, -0.2) is 5.43 Å². The first-order valence-corrected chi connectivity index (χ1v) is 11.6. The van der Waals surface area contributed by atoms with Gasteiger partial charge >= 0.3 is 0 Å². The lowest BCUT2D eigenvalue weighted by Crippen LogP contribution is -2.30. The van der Waals surface area contributed by atoms with Gasteiger partial charge in [0, 0.05) is 34.3 Å². The Balaban J connectivity index is 1.28. The monoisotopic (exact) mass is 511 g/mol. The molecular formula is C26H23Cl2N3O4. The average molecular weight is 512 g/mol. The van der Waals surface area contributed by atoms with Crippen LogP contribution in [-0.4, -0.2) is 31.7 Å². The lowest BCUT2D eigenvalue weighted by Gasteiger charge is -2.16. The van der Waals surface area contributed by atoms with Crippen LogP contribution in [0.2, 0.25) is 10.0 Å². The van der Waals surface area contributed by atoms with E-state index in [1.807, 2.05) is 12.1 Å². The van der Waals surface area contributed by atoms with Crippen molar-refractivity contribution >= 4 is 46.9 Å². The minimum absolute atomic E-state index is 0.104. The maximum atomic E-state index is 12.5. The highest BCUT2D eigenvalue weighted by Gasteiger charge is 2.35. The van der Waals surface area contributed by atoms with E-state index in [0.29, 0.717) is 28.1 Å². The topological polar surface area (TPSA) is 80.2 Å². The van der Waals surface area contributed by atoms with Gasteiger partial charge in [0.25, 0.3) is 0 Å². The van der Waals surface area contributed by atoms with Crippen LogP contribution in [0.3, 0.4) is 0 Å². The number of amides is 2. The second kappa shape index (κ2) is 11.3. The summed E-state index contributed by atoms with van der Waals surface area (Å²) in [6.07, 6.45) is 1.67. The summed E-state index contributed by atoms with van der Waals surface area (Å²) >= 11 is 12.3. The highest BCUT2D eigenvalue weighted by atomic mass is 35.5. The second-order valence-electron chi connectivity index (χ2n) is 7.90. The third-order valence-electron chi connectivity index (χ3n) is 5.59. The fraction of sp³-hybridized carbons (Fsp3) is 0.192. The summed E-state index contributed by atoms with van der Waals surface area (Å²) in [6.45, 7) is 0.545. The van der Waals surface area contributed by atoms with Crippen molar-refractivity contribution in [3.05, 3.63) is 87.9 Å². The molecule has 0 spiro atoms. The van der Waals surface area contributed by atoms with Crippen LogP contribution >= 0.6 is 23.2 Å². The van der Waals surface area contributed by atoms with Crippen molar-refractivity contribution in [3.63, 3.8) is 0 Å². The standard InChI is InChI=1S/C26H23Cl2N3O4/c1-34-20-11-7-19(8-12-20)31-15-18(13-25(31)32)26(33)30-29-14-17-5-9-21(10-6-17)35-16-22-23(27)3-2-4-24(22)28/h2-12,14,18H,13,15-16H2,1H3,(H,30,33)/b29-14+/t18-/m0/s1. The highest BCUT2D eigenvalue weighted by Crippen LogP contribution is 2.27. The number of ether oxygens (including phenoxy) is 2. The molecule has 1 N–H and O–H groups in total. The molecule has 35 heavy (non-hydrogen) atoms. The molecule has 1 atom stereocenters. The molecule has 180 valence electrons. The van der Waals surface area contributed by atoms with E-state index in [4.69, 9.17) is 32.7 Å². The molecule has 1 aliphatic rings. The normalized spacial score (nSPS) is 15.5. The Morgan fingerprint density at radius 3 is 2.37 bits per heavy atom. The number of nitrogens with zero attached hydrogens (tertiary/aromatic N) is 2. The summed E-state index contributed by atoms with van der Waals surface area (Å²) in [4.78, 5) is 26.5. The van der Waals surface area contributed by atoms with Crippen molar-refractivity contribution < 1.29 is 19.1 Å². The van der Waals surface area contributed by atoms with Crippen molar-refractivity contribution in [2.45, 2.75) is 13.0 Å². The predicted molar refractivity (Wildman–Crippen MR) is 136 cm³/mol. The number of carbonyl (C=O) groups excluding carboxylic acids is 2. The number of hydrazone groups is 1. The van der Waals surface area contributed by atoms with Gasteiger partial charge in [0.05, 0.1) is 19.2 Å². The van der Waals surface area contributed by atoms with E-state index in [2.05, 4.69) is 10.5 Å². The summed E-state index contributed by atoms with van der Waals surface area (Å²) < 4.78 is 10.9. The van der Waals surface area contributed by atoms with Crippen molar-refractivity contribution in [3.8, 4) is 11.5 Å². The maximum absolute atomic E-state index is 12.5. The molecule has 0 radical (unpaired) electrons. The first-order valence-electron chi connectivity index (χ1n) is 10.9. The number of hydrogen-bond acceptors (Lipinski definition) is 5. The molecule has 0 aromatic heterocycles. The lowest BCUT2D eigenvalue weighted by molar-refractivity contribution is -0.126. The molecule has 2 amide bonds. The van der Waals surface area contributed by atoms with E-state index in [0.717, 1.165) is 16.8 Å². The van der Waals surface area contributed by atoms with Crippen LogP contribution in [0.1, 0.15) is 17.5 Å². The van der Waals surface area contributed by atoms with Gasteiger partial charge in [-0.15, -0.1) is 0 Å². The summed E-state index contributed by atoms with van der Waals surface area (Å²) in [5, 5.41) is 5.13. The molecule has 9 heteroatoms. The number of benzene rings is 3. The summed E-state index contributed by atoms with van der Waals surface area (Å²) in [6, 6.07) is 19.7. The molecule has 0 unspecified atom stereocenters. The van der Waals surface area contributed by atoms with E-state index < -0.39 is 5.92 Å². The first-order chi connectivity index (χ1) is 16.9. The molecule has 1 saturated heterocycles. The Morgan fingerprint density at radius 1 is 1.06 bits per heavy atom. The van der Waals surface area contributed by atoms with E-state index in [1.54, 1.807) is 66.6 Å². The zero-order valence-electron chi connectivity index (χ0n) is 18.9. The molecule has 4 rings (SSSR count). The zero-order valence-corrected chi connectivity index (χ0v) is 20.4. The van der Waals surface area contributed by atoms with Crippen molar-refractivity contribution in [2.75, 3.05) is 18.6 Å². The SMILES string of the molecule is COc1ccc(N2C[C@@H](C(=O)N/N=C/c3ccc(OCc4c(Cl)cccc4Cl)cc3)CC2=O)cc1. The molecule has 0 saturated carbocycles. The quantitative estimate of drug-likeness (QED) is 0.337. The zero-order chi connectivity index (χ0) is 24.8. The highest BCUT2D eigenvalue weighted by molar-refractivity contribution is 6.35. The number of rotatable bonds is 8. The third kappa shape index (κ3) is 6.12. The van der Waals surface area contributed by atoms with Crippen molar-refractivity contribution in [2.24, 2.45) is 11.0 Å².